The normalized spacial score (nSPS) is 36.5. The molecule has 212 valence electrons. The van der Waals surface area contributed by atoms with Crippen LogP contribution >= 0.6 is 0 Å². The second kappa shape index (κ2) is 10.3. The van der Waals surface area contributed by atoms with Gasteiger partial charge in [-0.2, -0.15) is 13.2 Å². The minimum Gasteiger partial charge on any atom is -0.515 e. The molecule has 0 aromatic heterocycles. The number of halogens is 3. The van der Waals surface area contributed by atoms with Crippen LogP contribution < -0.4 is 5.32 Å². The van der Waals surface area contributed by atoms with E-state index in [1.54, 1.807) is 0 Å². The fourth-order valence-corrected chi connectivity index (χ4v) is 8.31. The first kappa shape index (κ1) is 30.2. The smallest absolute Gasteiger partial charge is 0.471 e. The number of fused-ring (bicyclic) bond motifs is 1. The van der Waals surface area contributed by atoms with Crippen LogP contribution in [-0.4, -0.2) is 44.4 Å². The van der Waals surface area contributed by atoms with E-state index < -0.39 is 25.8 Å². The molecule has 1 amide bonds. The minimum absolute atomic E-state index is 0.000843. The molecule has 0 radical (unpaired) electrons. The average Bonchev–Trinajstić information content (AvgIpc) is 3.17. The Morgan fingerprint density at radius 1 is 1.16 bits per heavy atom. The van der Waals surface area contributed by atoms with Crippen molar-refractivity contribution in [3.63, 3.8) is 0 Å². The van der Waals surface area contributed by atoms with Crippen LogP contribution in [0.15, 0.2) is 11.8 Å². The van der Waals surface area contributed by atoms with Crippen molar-refractivity contribution in [3.8, 4) is 0 Å². The Morgan fingerprint density at radius 3 is 2.38 bits per heavy atom. The summed E-state index contributed by atoms with van der Waals surface area (Å²) in [6.07, 6.45) is 1.41. The summed E-state index contributed by atoms with van der Waals surface area (Å²) in [7, 11) is -2.11. The molecule has 3 rings (SSSR count). The van der Waals surface area contributed by atoms with Crippen LogP contribution in [0.3, 0.4) is 0 Å². The molecule has 0 aromatic carbocycles. The number of hydrogen-bond donors (Lipinski definition) is 2. The van der Waals surface area contributed by atoms with Crippen LogP contribution in [0.1, 0.15) is 79.6 Å². The number of ketones is 1. The van der Waals surface area contributed by atoms with E-state index in [9.17, 15) is 27.9 Å². The maximum absolute atomic E-state index is 13.1. The summed E-state index contributed by atoms with van der Waals surface area (Å²) in [4.78, 5) is 24.7. The molecule has 0 bridgehead atoms. The fourth-order valence-electron chi connectivity index (χ4n) is 7.26. The summed E-state index contributed by atoms with van der Waals surface area (Å²) in [6.45, 7) is 15.6. The highest BCUT2D eigenvalue weighted by Gasteiger charge is 2.57. The molecule has 3 fully saturated rings. The fraction of sp³-hybridized carbons (Fsp3) is 0.857. The summed E-state index contributed by atoms with van der Waals surface area (Å²) in [6, 6.07) is 0. The van der Waals surface area contributed by atoms with Crippen molar-refractivity contribution >= 4 is 20.0 Å². The first-order chi connectivity index (χ1) is 16.9. The van der Waals surface area contributed by atoms with Gasteiger partial charge in [0.05, 0.1) is 6.26 Å². The molecular formula is C28H46F3NO4Si. The lowest BCUT2D eigenvalue weighted by atomic mass is 9.49. The highest BCUT2D eigenvalue weighted by molar-refractivity contribution is 6.74. The molecule has 0 unspecified atom stereocenters. The van der Waals surface area contributed by atoms with E-state index in [0.717, 1.165) is 38.4 Å². The molecule has 3 saturated carbocycles. The van der Waals surface area contributed by atoms with Crippen LogP contribution in [0.5, 0.6) is 0 Å². The second-order valence-corrected chi connectivity index (χ2v) is 18.7. The van der Waals surface area contributed by atoms with Crippen LogP contribution in [-0.2, 0) is 14.0 Å². The van der Waals surface area contributed by atoms with Crippen molar-refractivity contribution in [2.24, 2.45) is 34.5 Å². The zero-order valence-corrected chi connectivity index (χ0v) is 24.6. The van der Waals surface area contributed by atoms with Gasteiger partial charge in [0.1, 0.15) is 0 Å². The molecule has 3 aliphatic rings. The van der Waals surface area contributed by atoms with Gasteiger partial charge in [0.2, 0.25) is 0 Å². The molecule has 2 N–H and O–H groups in total. The van der Waals surface area contributed by atoms with Gasteiger partial charge in [-0.25, -0.2) is 0 Å². The Morgan fingerprint density at radius 2 is 1.81 bits per heavy atom. The Labute approximate surface area is 221 Å². The highest BCUT2D eigenvalue weighted by atomic mass is 28.4. The van der Waals surface area contributed by atoms with Gasteiger partial charge in [0, 0.05) is 25.1 Å². The van der Waals surface area contributed by atoms with E-state index in [1.165, 1.54) is 0 Å². The van der Waals surface area contributed by atoms with Gasteiger partial charge < -0.3 is 14.8 Å². The van der Waals surface area contributed by atoms with Crippen molar-refractivity contribution in [2.75, 3.05) is 13.2 Å². The van der Waals surface area contributed by atoms with Crippen molar-refractivity contribution in [2.45, 2.75) is 104 Å². The monoisotopic (exact) mass is 545 g/mol. The van der Waals surface area contributed by atoms with Crippen molar-refractivity contribution in [1.29, 1.82) is 0 Å². The number of aliphatic hydroxyl groups excluding tert-OH is 1. The third kappa shape index (κ3) is 5.97. The number of hydrogen-bond acceptors (Lipinski definition) is 4. The largest absolute Gasteiger partial charge is 0.515 e. The molecule has 3 aliphatic carbocycles. The Hall–Kier alpha value is -1.35. The molecule has 6 atom stereocenters. The third-order valence-electron chi connectivity index (χ3n) is 10.7. The van der Waals surface area contributed by atoms with Gasteiger partial charge in [-0.05, 0) is 84.7 Å². The van der Waals surface area contributed by atoms with Crippen molar-refractivity contribution in [3.05, 3.63) is 11.8 Å². The minimum atomic E-state index is -4.92. The zero-order valence-electron chi connectivity index (χ0n) is 23.6. The van der Waals surface area contributed by atoms with E-state index in [1.807, 2.05) is 0 Å². The molecule has 5 nitrogen and oxygen atoms in total. The lowest BCUT2D eigenvalue weighted by Crippen LogP contribution is -2.55. The maximum atomic E-state index is 13.1. The van der Waals surface area contributed by atoms with Crippen molar-refractivity contribution < 1.29 is 32.3 Å². The van der Waals surface area contributed by atoms with Gasteiger partial charge >= 0.3 is 12.1 Å². The summed E-state index contributed by atoms with van der Waals surface area (Å²) < 4.78 is 45.9. The predicted octanol–water partition coefficient (Wildman–Crippen LogP) is 6.95. The first-order valence-electron chi connectivity index (χ1n) is 13.7. The van der Waals surface area contributed by atoms with E-state index in [-0.39, 0.29) is 52.9 Å². The Bertz CT molecular complexity index is 912. The summed E-state index contributed by atoms with van der Waals surface area (Å²) >= 11 is 0. The first-order valence-corrected chi connectivity index (χ1v) is 16.6. The average molecular weight is 546 g/mol. The lowest BCUT2D eigenvalue weighted by Gasteiger charge is -2.56. The molecule has 0 saturated heterocycles. The van der Waals surface area contributed by atoms with Crippen LogP contribution in [0.2, 0.25) is 18.1 Å². The second-order valence-electron chi connectivity index (χ2n) is 13.9. The molecular weight excluding hydrogens is 499 g/mol. The number of carbonyl (C=O) groups excluding carboxylic acids is 2. The quantitative estimate of drug-likeness (QED) is 0.215. The van der Waals surface area contributed by atoms with Gasteiger partial charge in [-0.1, -0.05) is 41.0 Å². The predicted molar refractivity (Wildman–Crippen MR) is 140 cm³/mol. The number of carbonyl (C=O) groups is 2. The molecule has 9 heteroatoms. The third-order valence-corrected chi connectivity index (χ3v) is 15.2. The molecule has 0 aliphatic heterocycles. The van der Waals surface area contributed by atoms with Crippen molar-refractivity contribution in [1.82, 2.24) is 5.32 Å². The standard InChI is InChI=1S/C28H46F3NO4Si/c1-25(2,3)37(6,7)36-17-19-13-23(34)18(16-33)14-27(19,5)22-10-12-26(4)11-8-9-21(26)20(22)15-32-24(35)28(29,30)31/h16,19-22,33H,8-15,17H2,1-7H3,(H,32,35)/t19-,20+,21+,22+,26+,27+/m1/s1. The Kier molecular flexibility index (Phi) is 8.42. The Balaban J connectivity index is 1.96. The number of nitrogens with one attached hydrogen (secondary N) is 1. The van der Waals surface area contributed by atoms with E-state index >= 15 is 0 Å². The highest BCUT2D eigenvalue weighted by Crippen LogP contribution is 2.62. The van der Waals surface area contributed by atoms with Crippen LogP contribution in [0, 0.1) is 34.5 Å². The van der Waals surface area contributed by atoms with Gasteiger partial charge in [-0.15, -0.1) is 0 Å². The van der Waals surface area contributed by atoms with E-state index in [2.05, 4.69) is 53.0 Å². The SMILES string of the molecule is CC(C)(C)[Si](C)(C)OC[C@H]1CC(=O)C(=CO)C[C@]1(C)[C@H]1CC[C@]2(C)CCC[C@H]2[C@@H]1CNC(=O)C(F)(F)F. The molecule has 37 heavy (non-hydrogen) atoms. The number of aliphatic hydroxyl groups is 1. The summed E-state index contributed by atoms with van der Waals surface area (Å²) in [5, 5.41) is 12.1. The van der Waals surface area contributed by atoms with E-state index in [0.29, 0.717) is 18.6 Å². The number of amides is 1. The maximum Gasteiger partial charge on any atom is 0.471 e. The number of alkyl halides is 3. The van der Waals surface area contributed by atoms with E-state index in [4.69, 9.17) is 4.43 Å². The molecule has 0 aromatic rings. The summed E-state index contributed by atoms with van der Waals surface area (Å²) in [5.74, 6) is -2.04. The summed E-state index contributed by atoms with van der Waals surface area (Å²) in [5.41, 5.74) is -0.0280. The lowest BCUT2D eigenvalue weighted by molar-refractivity contribution is -0.174. The zero-order chi connectivity index (χ0) is 28.0. The number of rotatable bonds is 6. The van der Waals surface area contributed by atoms with Gasteiger partial charge in [-0.3, -0.25) is 9.59 Å². The molecule has 0 spiro atoms. The van der Waals surface area contributed by atoms with Crippen LogP contribution in [0.4, 0.5) is 13.2 Å². The number of Topliss-reactive ketones (excluding diaryl/α,β-unsaturated/α-hetero) is 1. The topological polar surface area (TPSA) is 75.6 Å². The van der Waals surface area contributed by atoms with Gasteiger partial charge in [0.15, 0.2) is 14.1 Å². The molecule has 0 heterocycles. The van der Waals surface area contributed by atoms with Crippen LogP contribution in [0.25, 0.3) is 0 Å². The number of allylic oxidation sites excluding steroid dienone is 1. The van der Waals surface area contributed by atoms with Gasteiger partial charge in [0.25, 0.3) is 0 Å².